The number of hydrogen-bond donors (Lipinski definition) is 0. The molecule has 332 valence electrons. The maximum atomic E-state index is 6.07. The number of para-hydroxylation sites is 6. The second kappa shape index (κ2) is 14.9. The zero-order chi connectivity index (χ0) is 46.9. The van der Waals surface area contributed by atoms with E-state index < -0.39 is 0 Å². The van der Waals surface area contributed by atoms with Crippen molar-refractivity contribution in [3.63, 3.8) is 0 Å². The lowest BCUT2D eigenvalue weighted by atomic mass is 9.80. The van der Waals surface area contributed by atoms with Crippen molar-refractivity contribution in [3.05, 3.63) is 216 Å². The highest BCUT2D eigenvalue weighted by Crippen LogP contribution is 2.53. The van der Waals surface area contributed by atoms with Crippen LogP contribution in [0.1, 0.15) is 49.9 Å². The Morgan fingerprint density at radius 1 is 0.286 bits per heavy atom. The molecule has 6 nitrogen and oxygen atoms in total. The largest absolute Gasteiger partial charge is 0.436 e. The summed E-state index contributed by atoms with van der Waals surface area (Å²) in [5, 5.41) is 0. The van der Waals surface area contributed by atoms with Crippen LogP contribution in [0.3, 0.4) is 0 Å². The summed E-state index contributed by atoms with van der Waals surface area (Å²) < 4.78 is 12.1. The summed E-state index contributed by atoms with van der Waals surface area (Å²) in [5.74, 6) is 1.26. The third-order valence-electron chi connectivity index (χ3n) is 15.0. The van der Waals surface area contributed by atoms with Gasteiger partial charge in [-0.2, -0.15) is 0 Å². The molecular formula is C64H44N4O2. The van der Waals surface area contributed by atoms with Crippen LogP contribution in [0.2, 0.25) is 0 Å². The molecule has 12 aromatic rings. The smallest absolute Gasteiger partial charge is 0.227 e. The van der Waals surface area contributed by atoms with Crippen LogP contribution in [0.15, 0.2) is 203 Å². The Morgan fingerprint density at radius 3 is 0.957 bits per heavy atom. The van der Waals surface area contributed by atoms with Gasteiger partial charge in [0, 0.05) is 33.1 Å². The maximum Gasteiger partial charge on any atom is 0.227 e. The van der Waals surface area contributed by atoms with Gasteiger partial charge in [0.1, 0.15) is 11.0 Å². The summed E-state index contributed by atoms with van der Waals surface area (Å²) in [5.41, 5.74) is 25.2. The molecule has 0 fully saturated rings. The highest BCUT2D eigenvalue weighted by Gasteiger charge is 2.38. The fourth-order valence-electron chi connectivity index (χ4n) is 11.1. The molecule has 0 spiro atoms. The minimum atomic E-state index is -0.255. The molecule has 3 heterocycles. The van der Waals surface area contributed by atoms with E-state index in [9.17, 15) is 0 Å². The molecule has 0 saturated carbocycles. The average Bonchev–Trinajstić information content (AvgIpc) is 4.15. The molecule has 0 bridgehead atoms. The van der Waals surface area contributed by atoms with Gasteiger partial charge in [-0.25, -0.2) is 19.9 Å². The molecule has 3 aromatic heterocycles. The summed E-state index contributed by atoms with van der Waals surface area (Å²) in [6.45, 7) is 9.37. The van der Waals surface area contributed by atoms with Crippen LogP contribution in [0.25, 0.3) is 123 Å². The van der Waals surface area contributed by atoms with Gasteiger partial charge >= 0.3 is 0 Å². The Labute approximate surface area is 405 Å². The van der Waals surface area contributed by atoms with Crippen LogP contribution in [0.4, 0.5) is 0 Å². The van der Waals surface area contributed by atoms with E-state index >= 15 is 0 Å². The molecule has 2 aliphatic carbocycles. The van der Waals surface area contributed by atoms with Crippen molar-refractivity contribution >= 4 is 33.2 Å². The van der Waals surface area contributed by atoms with Crippen LogP contribution in [0.5, 0.6) is 0 Å². The second-order valence-electron chi connectivity index (χ2n) is 19.8. The summed E-state index contributed by atoms with van der Waals surface area (Å²) in [4.78, 5) is 20.2. The minimum Gasteiger partial charge on any atom is -0.436 e. The Balaban J connectivity index is 0.791. The van der Waals surface area contributed by atoms with E-state index in [4.69, 9.17) is 28.8 Å². The molecule has 14 rings (SSSR count). The Bertz CT molecular complexity index is 3790. The van der Waals surface area contributed by atoms with Crippen molar-refractivity contribution in [1.82, 2.24) is 19.9 Å². The second-order valence-corrected chi connectivity index (χ2v) is 19.8. The van der Waals surface area contributed by atoms with Gasteiger partial charge in [-0.15, -0.1) is 0 Å². The minimum absolute atomic E-state index is 0.255. The van der Waals surface area contributed by atoms with Gasteiger partial charge in [-0.3, -0.25) is 0 Å². The van der Waals surface area contributed by atoms with Crippen LogP contribution >= 0.6 is 0 Å². The normalized spacial score (nSPS) is 13.9. The molecule has 9 aromatic carbocycles. The molecule has 2 aliphatic rings. The van der Waals surface area contributed by atoms with Gasteiger partial charge in [-0.1, -0.05) is 137 Å². The van der Waals surface area contributed by atoms with Crippen molar-refractivity contribution in [2.24, 2.45) is 0 Å². The van der Waals surface area contributed by atoms with Crippen LogP contribution in [-0.4, -0.2) is 19.9 Å². The Hall–Kier alpha value is -8.74. The number of nitrogens with zero attached hydrogens (tertiary/aromatic N) is 4. The molecule has 6 heteroatoms. The highest BCUT2D eigenvalue weighted by molar-refractivity contribution is 5.92. The number of rotatable bonds is 6. The van der Waals surface area contributed by atoms with E-state index in [-0.39, 0.29) is 10.8 Å². The topological polar surface area (TPSA) is 77.8 Å². The lowest BCUT2D eigenvalue weighted by molar-refractivity contribution is 0.619. The predicted molar refractivity (Wildman–Crippen MR) is 282 cm³/mol. The monoisotopic (exact) mass is 900 g/mol. The molecule has 0 unspecified atom stereocenters. The average molecular weight is 901 g/mol. The van der Waals surface area contributed by atoms with Crippen LogP contribution < -0.4 is 0 Å². The van der Waals surface area contributed by atoms with E-state index in [2.05, 4.69) is 161 Å². The first kappa shape index (κ1) is 40.3. The van der Waals surface area contributed by atoms with Crippen molar-refractivity contribution in [2.75, 3.05) is 0 Å². The van der Waals surface area contributed by atoms with Crippen molar-refractivity contribution < 1.29 is 8.83 Å². The third kappa shape index (κ3) is 6.19. The number of benzene rings is 9. The summed E-state index contributed by atoms with van der Waals surface area (Å²) in [7, 11) is 0. The zero-order valence-corrected chi connectivity index (χ0v) is 39.1. The zero-order valence-electron chi connectivity index (χ0n) is 39.1. The first-order valence-corrected chi connectivity index (χ1v) is 23.9. The fraction of sp³-hybridized carbons (Fsp3) is 0.0938. The number of fused-ring (bicyclic) bond motifs is 9. The number of hydrogen-bond acceptors (Lipinski definition) is 6. The maximum absolute atomic E-state index is 6.07. The molecule has 0 amide bonds. The summed E-state index contributed by atoms with van der Waals surface area (Å²) in [6.07, 6.45) is 0. The lowest BCUT2D eigenvalue weighted by Gasteiger charge is -2.23. The van der Waals surface area contributed by atoms with Gasteiger partial charge in [-0.05, 0) is 152 Å². The van der Waals surface area contributed by atoms with Gasteiger partial charge in [0.2, 0.25) is 11.8 Å². The van der Waals surface area contributed by atoms with E-state index in [1.165, 1.54) is 55.6 Å². The molecule has 0 N–H and O–H groups in total. The van der Waals surface area contributed by atoms with E-state index in [1.54, 1.807) is 0 Å². The first-order chi connectivity index (χ1) is 34.1. The molecule has 70 heavy (non-hydrogen) atoms. The molecule has 0 atom stereocenters. The van der Waals surface area contributed by atoms with Crippen molar-refractivity contribution in [2.45, 2.75) is 38.5 Å². The van der Waals surface area contributed by atoms with Crippen molar-refractivity contribution in [1.29, 1.82) is 0 Å². The SMILES string of the molecule is CC1(C)c2cc(-c3ccc(-c4nc5ccccc5o4)cc3)ccc2-c2ccc(-c3nc4ccccc4nc3-c3ccc4c(c3)C(C)(C)c3cc(-c5ccc(-c6nc7ccccc7o6)cc5)ccc3-4)cc21. The molecular weight excluding hydrogens is 857 g/mol. The van der Waals surface area contributed by atoms with Crippen LogP contribution in [-0.2, 0) is 10.8 Å². The van der Waals surface area contributed by atoms with Crippen molar-refractivity contribution in [3.8, 4) is 89.9 Å². The van der Waals surface area contributed by atoms with Gasteiger partial charge < -0.3 is 8.83 Å². The van der Waals surface area contributed by atoms with E-state index in [0.717, 1.165) is 78.0 Å². The van der Waals surface area contributed by atoms with E-state index in [0.29, 0.717) is 11.8 Å². The van der Waals surface area contributed by atoms with E-state index in [1.807, 2.05) is 60.7 Å². The molecule has 0 aliphatic heterocycles. The predicted octanol–water partition coefficient (Wildman–Crippen LogP) is 16.5. The third-order valence-corrected chi connectivity index (χ3v) is 15.0. The molecule has 0 saturated heterocycles. The van der Waals surface area contributed by atoms with Gasteiger partial charge in [0.25, 0.3) is 0 Å². The lowest BCUT2D eigenvalue weighted by Crippen LogP contribution is -2.15. The highest BCUT2D eigenvalue weighted by atomic mass is 16.4. The first-order valence-electron chi connectivity index (χ1n) is 23.9. The quantitative estimate of drug-likeness (QED) is 0.165. The van der Waals surface area contributed by atoms with Gasteiger partial charge in [0.15, 0.2) is 11.2 Å². The standard InChI is InChI=1S/C64H44N4O2/c1-63(2)49-33-41(37-17-21-39(22-18-37)61-67-55-13-7-9-15-57(55)69-61)25-29-45(49)47-31-27-43(35-51(47)63)59-60(66-54-12-6-5-11-53(54)65-59)44-28-32-48-46-30-26-42(34-50(46)64(3,4)52(48)36-44)38-19-23-40(24-20-38)62-68-56-14-8-10-16-58(56)70-62/h5-36H,1-4H3. The fourth-order valence-corrected chi connectivity index (χ4v) is 11.1. The summed E-state index contributed by atoms with van der Waals surface area (Å²) in [6, 6.07) is 68.6. The molecule has 0 radical (unpaired) electrons. The van der Waals surface area contributed by atoms with Crippen LogP contribution in [0, 0.1) is 0 Å². The van der Waals surface area contributed by atoms with Gasteiger partial charge in [0.05, 0.1) is 22.4 Å². The number of oxazole rings is 2. The Morgan fingerprint density at radius 2 is 0.586 bits per heavy atom. The summed E-state index contributed by atoms with van der Waals surface area (Å²) >= 11 is 0. The number of aromatic nitrogens is 4. The Kier molecular flexibility index (Phi) is 8.57.